The van der Waals surface area contributed by atoms with Crippen LogP contribution < -0.4 is 5.32 Å². The van der Waals surface area contributed by atoms with Gasteiger partial charge in [0.2, 0.25) is 0 Å². The van der Waals surface area contributed by atoms with Crippen molar-refractivity contribution in [1.29, 1.82) is 0 Å². The van der Waals surface area contributed by atoms with Gasteiger partial charge in [0, 0.05) is 11.9 Å². The van der Waals surface area contributed by atoms with Crippen LogP contribution in [0.25, 0.3) is 5.65 Å². The number of carbonyl (C=O) groups is 1. The third-order valence-electron chi connectivity index (χ3n) is 4.35. The molecule has 13 heteroatoms. The quantitative estimate of drug-likeness (QED) is 0.372. The van der Waals surface area contributed by atoms with Gasteiger partial charge in [0.15, 0.2) is 17.2 Å². The van der Waals surface area contributed by atoms with E-state index in [1.54, 1.807) is 12.1 Å². The van der Waals surface area contributed by atoms with Gasteiger partial charge < -0.3 is 5.32 Å². The minimum atomic E-state index is -4.70. The van der Waals surface area contributed by atoms with Gasteiger partial charge in [-0.25, -0.2) is 13.9 Å². The Labute approximate surface area is 191 Å². The first-order chi connectivity index (χ1) is 15.0. The standard InChI is InChI=1S/C19H12BrClF4N6O/c1-9-5-13(19(23,24)25)31-17(26-9)14(20)15(28-31)18(32)27-16-12(21)8-30(29-16)7-10-3-2-4-11(22)6-10/h2-6,8H,7H2,1H3,(H,27,29,32). The van der Waals surface area contributed by atoms with Crippen molar-refractivity contribution < 1.29 is 22.4 Å². The summed E-state index contributed by atoms with van der Waals surface area (Å²) in [6.45, 7) is 1.59. The summed E-state index contributed by atoms with van der Waals surface area (Å²) >= 11 is 9.24. The van der Waals surface area contributed by atoms with Crippen LogP contribution in [0.2, 0.25) is 5.02 Å². The number of nitrogens with one attached hydrogen (secondary N) is 1. The molecule has 0 aliphatic rings. The highest BCUT2D eigenvalue weighted by atomic mass is 79.9. The summed E-state index contributed by atoms with van der Waals surface area (Å²) in [5.74, 6) is -1.28. The Morgan fingerprint density at radius 2 is 2.00 bits per heavy atom. The predicted octanol–water partition coefficient (Wildman–Crippen LogP) is 5.11. The van der Waals surface area contributed by atoms with Crippen molar-refractivity contribution in [1.82, 2.24) is 24.4 Å². The second-order valence-corrected chi connectivity index (χ2v) is 7.99. The average Bonchev–Trinajstić information content (AvgIpc) is 3.20. The van der Waals surface area contributed by atoms with Gasteiger partial charge in [-0.3, -0.25) is 9.48 Å². The van der Waals surface area contributed by atoms with E-state index in [0.717, 1.165) is 6.07 Å². The third kappa shape index (κ3) is 4.32. The van der Waals surface area contributed by atoms with Crippen LogP contribution in [0.4, 0.5) is 23.4 Å². The zero-order valence-corrected chi connectivity index (χ0v) is 18.4. The molecule has 32 heavy (non-hydrogen) atoms. The molecule has 0 unspecified atom stereocenters. The van der Waals surface area contributed by atoms with E-state index >= 15 is 0 Å². The molecule has 1 amide bonds. The zero-order valence-electron chi connectivity index (χ0n) is 16.1. The number of aromatic nitrogens is 5. The monoisotopic (exact) mass is 530 g/mol. The number of fused-ring (bicyclic) bond motifs is 1. The van der Waals surface area contributed by atoms with Crippen LogP contribution in [0, 0.1) is 12.7 Å². The number of halogens is 6. The van der Waals surface area contributed by atoms with Crippen molar-refractivity contribution in [2.45, 2.75) is 19.6 Å². The number of nitrogens with zero attached hydrogens (tertiary/aromatic N) is 5. The highest BCUT2D eigenvalue weighted by molar-refractivity contribution is 9.10. The Hall–Kier alpha value is -2.99. The van der Waals surface area contributed by atoms with Gasteiger partial charge >= 0.3 is 6.18 Å². The molecule has 166 valence electrons. The molecule has 0 atom stereocenters. The maximum absolute atomic E-state index is 13.4. The van der Waals surface area contributed by atoms with E-state index in [0.29, 0.717) is 10.1 Å². The fraction of sp³-hybridized carbons (Fsp3) is 0.158. The van der Waals surface area contributed by atoms with Gasteiger partial charge in [-0.2, -0.15) is 23.4 Å². The Bertz CT molecular complexity index is 1350. The number of carbonyl (C=O) groups excluding carboxylic acids is 1. The molecule has 0 radical (unpaired) electrons. The second kappa shape index (κ2) is 8.17. The number of rotatable bonds is 4. The number of anilines is 1. The van der Waals surface area contributed by atoms with Crippen molar-refractivity contribution in [3.05, 3.63) is 74.5 Å². The Balaban J connectivity index is 1.63. The Morgan fingerprint density at radius 3 is 2.69 bits per heavy atom. The lowest BCUT2D eigenvalue weighted by atomic mass is 10.2. The first kappa shape index (κ1) is 22.2. The number of alkyl halides is 3. The average molecular weight is 532 g/mol. The third-order valence-corrected chi connectivity index (χ3v) is 5.36. The molecular weight excluding hydrogens is 520 g/mol. The van der Waals surface area contributed by atoms with Crippen molar-refractivity contribution in [2.24, 2.45) is 0 Å². The van der Waals surface area contributed by atoms with E-state index in [9.17, 15) is 22.4 Å². The van der Waals surface area contributed by atoms with Gasteiger partial charge in [-0.15, -0.1) is 0 Å². The molecule has 0 saturated heterocycles. The van der Waals surface area contributed by atoms with Crippen LogP contribution in [0.15, 0.2) is 41.0 Å². The molecule has 0 aliphatic heterocycles. The lowest BCUT2D eigenvalue weighted by Gasteiger charge is -2.09. The van der Waals surface area contributed by atoms with E-state index in [1.807, 2.05) is 0 Å². The number of hydrogen-bond acceptors (Lipinski definition) is 4. The smallest absolute Gasteiger partial charge is 0.302 e. The summed E-state index contributed by atoms with van der Waals surface area (Å²) in [5, 5.41) is 10.4. The minimum absolute atomic E-state index is 0.0143. The fourth-order valence-electron chi connectivity index (χ4n) is 3.01. The van der Waals surface area contributed by atoms with E-state index in [-0.39, 0.29) is 38.9 Å². The molecule has 4 aromatic rings. The topological polar surface area (TPSA) is 77.1 Å². The Kier molecular flexibility index (Phi) is 5.67. The fourth-order valence-corrected chi connectivity index (χ4v) is 3.73. The van der Waals surface area contributed by atoms with Gasteiger partial charge in [-0.1, -0.05) is 23.7 Å². The normalized spacial score (nSPS) is 11.8. The zero-order chi connectivity index (χ0) is 23.2. The van der Waals surface area contributed by atoms with E-state index < -0.39 is 23.6 Å². The van der Waals surface area contributed by atoms with E-state index in [4.69, 9.17) is 11.6 Å². The highest BCUT2D eigenvalue weighted by Crippen LogP contribution is 2.32. The highest BCUT2D eigenvalue weighted by Gasteiger charge is 2.36. The molecule has 0 saturated carbocycles. The largest absolute Gasteiger partial charge is 0.433 e. The lowest BCUT2D eigenvalue weighted by molar-refractivity contribution is -0.142. The van der Waals surface area contributed by atoms with Crippen LogP contribution in [0.5, 0.6) is 0 Å². The summed E-state index contributed by atoms with van der Waals surface area (Å²) in [6, 6.07) is 6.70. The summed E-state index contributed by atoms with van der Waals surface area (Å²) in [7, 11) is 0. The van der Waals surface area contributed by atoms with Crippen molar-refractivity contribution in [3.63, 3.8) is 0 Å². The van der Waals surface area contributed by atoms with Crippen molar-refractivity contribution in [3.8, 4) is 0 Å². The molecule has 0 bridgehead atoms. The number of aryl methyl sites for hydroxylation is 1. The summed E-state index contributed by atoms with van der Waals surface area (Å²) in [5.41, 5.74) is -0.838. The summed E-state index contributed by atoms with van der Waals surface area (Å²) in [4.78, 5) is 16.8. The van der Waals surface area contributed by atoms with Crippen LogP contribution >= 0.6 is 27.5 Å². The molecule has 3 aromatic heterocycles. The molecule has 7 nitrogen and oxygen atoms in total. The maximum atomic E-state index is 13.4. The summed E-state index contributed by atoms with van der Waals surface area (Å²) < 4.78 is 55.5. The lowest BCUT2D eigenvalue weighted by Crippen LogP contribution is -2.16. The minimum Gasteiger partial charge on any atom is -0.302 e. The Morgan fingerprint density at radius 1 is 1.25 bits per heavy atom. The molecule has 4 rings (SSSR count). The van der Waals surface area contributed by atoms with Crippen molar-refractivity contribution in [2.75, 3.05) is 5.32 Å². The molecule has 1 aromatic carbocycles. The molecule has 1 N–H and O–H groups in total. The van der Waals surface area contributed by atoms with Crippen LogP contribution in [-0.2, 0) is 12.7 Å². The first-order valence-corrected chi connectivity index (χ1v) is 10.1. The van der Waals surface area contributed by atoms with Gasteiger partial charge in [0.1, 0.15) is 16.5 Å². The van der Waals surface area contributed by atoms with Gasteiger partial charge in [0.25, 0.3) is 5.91 Å². The second-order valence-electron chi connectivity index (χ2n) is 6.79. The number of hydrogen-bond donors (Lipinski definition) is 1. The van der Waals surface area contributed by atoms with Crippen LogP contribution in [-0.4, -0.2) is 30.3 Å². The first-order valence-electron chi connectivity index (χ1n) is 8.95. The molecule has 3 heterocycles. The SMILES string of the molecule is Cc1cc(C(F)(F)F)n2nc(C(=O)Nc3nn(Cc4cccc(F)c4)cc3Cl)c(Br)c2n1. The van der Waals surface area contributed by atoms with Gasteiger partial charge in [0.05, 0.1) is 11.0 Å². The molecule has 0 aliphatic carbocycles. The molecule has 0 fully saturated rings. The van der Waals surface area contributed by atoms with E-state index in [2.05, 4.69) is 36.4 Å². The predicted molar refractivity (Wildman–Crippen MR) is 111 cm³/mol. The maximum Gasteiger partial charge on any atom is 0.433 e. The molecular formula is C19H12BrClF4N6O. The molecule has 0 spiro atoms. The summed E-state index contributed by atoms with van der Waals surface area (Å²) in [6.07, 6.45) is -3.28. The van der Waals surface area contributed by atoms with Crippen LogP contribution in [0.1, 0.15) is 27.4 Å². The number of amides is 1. The van der Waals surface area contributed by atoms with Gasteiger partial charge in [-0.05, 0) is 46.6 Å². The van der Waals surface area contributed by atoms with Crippen LogP contribution in [0.3, 0.4) is 0 Å². The number of benzene rings is 1. The van der Waals surface area contributed by atoms with E-state index in [1.165, 1.54) is 29.9 Å². The van der Waals surface area contributed by atoms with Crippen molar-refractivity contribution >= 4 is 44.9 Å².